The van der Waals surface area contributed by atoms with Crippen molar-refractivity contribution in [3.63, 3.8) is 0 Å². The van der Waals surface area contributed by atoms with Crippen LogP contribution < -0.4 is 37.5 Å². The third-order valence-electron chi connectivity index (χ3n) is 12.7. The summed E-state index contributed by atoms with van der Waals surface area (Å²) in [5.41, 5.74) is 2.35. The second-order valence-electron chi connectivity index (χ2n) is 18.1. The minimum Gasteiger partial charge on any atom is -0.458 e. The summed E-state index contributed by atoms with van der Waals surface area (Å²) in [6.07, 6.45) is 4.52. The summed E-state index contributed by atoms with van der Waals surface area (Å²) in [5, 5.41) is 27.1. The van der Waals surface area contributed by atoms with Gasteiger partial charge < -0.3 is 65.5 Å². The van der Waals surface area contributed by atoms with Gasteiger partial charge in [-0.15, -0.1) is 0 Å². The summed E-state index contributed by atoms with van der Waals surface area (Å²) in [6.45, 7) is 2.13. The highest BCUT2D eigenvalue weighted by Crippen LogP contribution is 2.41. The number of rotatable bonds is 27. The van der Waals surface area contributed by atoms with Crippen LogP contribution in [-0.2, 0) is 79.3 Å². The molecule has 5 heterocycles. The van der Waals surface area contributed by atoms with Crippen LogP contribution in [-0.4, -0.2) is 138 Å². The molecule has 0 saturated carbocycles. The van der Waals surface area contributed by atoms with Gasteiger partial charge in [0.1, 0.15) is 31.8 Å². The van der Waals surface area contributed by atoms with Gasteiger partial charge in [-0.3, -0.25) is 33.6 Å². The third-order valence-corrected chi connectivity index (χ3v) is 13.0. The Hall–Kier alpha value is -7.84. The summed E-state index contributed by atoms with van der Waals surface area (Å²) >= 11 is 4.85. The van der Waals surface area contributed by atoms with E-state index in [-0.39, 0.29) is 94.1 Å². The molecule has 0 saturated heterocycles. The average molecular weight is 1080 g/mol. The van der Waals surface area contributed by atoms with Crippen LogP contribution in [0.4, 0.5) is 4.39 Å². The molecule has 8 N–H and O–H groups in total. The highest BCUT2D eigenvalue weighted by atomic mass is 32.1. The summed E-state index contributed by atoms with van der Waals surface area (Å²) in [5.74, 6) is -4.82. The molecule has 2 aromatic carbocycles. The monoisotopic (exact) mass is 1080 g/mol. The number of aromatic nitrogens is 4. The van der Waals surface area contributed by atoms with Gasteiger partial charge in [-0.2, -0.15) is 0 Å². The Morgan fingerprint density at radius 3 is 2.39 bits per heavy atom. The first-order valence-electron chi connectivity index (χ1n) is 24.8. The van der Waals surface area contributed by atoms with Gasteiger partial charge in [-0.05, 0) is 73.6 Å². The third kappa shape index (κ3) is 14.8. The predicted octanol–water partition coefficient (Wildman–Crippen LogP) is 0.932. The number of halogens is 1. The number of aromatic amines is 1. The van der Waals surface area contributed by atoms with E-state index in [0.29, 0.717) is 52.9 Å². The first kappa shape index (κ1) is 56.9. The van der Waals surface area contributed by atoms with E-state index in [4.69, 9.17) is 36.1 Å². The van der Waals surface area contributed by atoms with Crippen molar-refractivity contribution in [3.8, 4) is 11.4 Å². The number of amides is 6. The molecule has 23 nitrogen and oxygen atoms in total. The Kier molecular flexibility index (Phi) is 19.8. The maximum absolute atomic E-state index is 14.9. The van der Waals surface area contributed by atoms with Gasteiger partial charge in [-0.1, -0.05) is 37.3 Å². The number of unbranched alkanes of at least 4 members (excludes halogenated alkanes) is 1. The number of nitrogens with zero attached hydrogens (tertiary/aromatic N) is 3. The summed E-state index contributed by atoms with van der Waals surface area (Å²) in [6, 6.07) is 12.4. The van der Waals surface area contributed by atoms with Crippen LogP contribution >= 0.6 is 12.2 Å². The van der Waals surface area contributed by atoms with E-state index in [1.54, 1.807) is 60.9 Å². The van der Waals surface area contributed by atoms with Crippen LogP contribution in [0, 0.1) is 17.5 Å². The minimum absolute atomic E-state index is 0.00858. The number of carbonyl (C=O) groups excluding carboxylic acids is 7. The van der Waals surface area contributed by atoms with Crippen LogP contribution in [0.25, 0.3) is 22.3 Å². The highest BCUT2D eigenvalue weighted by molar-refractivity contribution is 7.71. The molecular formula is C52H59FN10O13S. The number of hydrogen-bond acceptors (Lipinski definition) is 16. The molecule has 2 atom stereocenters. The number of benzene rings is 2. The van der Waals surface area contributed by atoms with Gasteiger partial charge in [-0.25, -0.2) is 19.2 Å². The van der Waals surface area contributed by atoms with Crippen molar-refractivity contribution >= 4 is 64.5 Å². The Labute approximate surface area is 445 Å². The standard InChI is InChI=1S/C52H59FN10O13S/c1-3-52(72)37-19-41-46-35(26-63(41)49(70)36(37)27-76-50(52)71)33(34-17-30(2)38(53)20-39(34)62-46)11-7-8-13-75-29-60-43(65)24-57-48(69)40(18-31-9-5-4-6-10-31)61-44(66)25-55-42(64)23-56-45(67)28-74-16-15-73-14-12-54-47(68)32-21-58-51(77)59-22-32/h4-6,9-10,17,19-22,40,72H,3,7-8,11-16,18,23-29H2,1-2H3,(H,54,68)(H,55,64)(H,56,67)(H,57,69)(H,60,65)(H,61,66)(H,58,59,77)/t40-,52-/m0/s1. The van der Waals surface area contributed by atoms with E-state index in [1.165, 1.54) is 18.5 Å². The number of aliphatic hydroxyl groups is 1. The Bertz CT molecular complexity index is 3140. The van der Waals surface area contributed by atoms with E-state index in [2.05, 4.69) is 41.9 Å². The van der Waals surface area contributed by atoms with Crippen LogP contribution in [0.15, 0.2) is 65.7 Å². The van der Waals surface area contributed by atoms with Crippen molar-refractivity contribution in [2.75, 3.05) is 65.9 Å². The van der Waals surface area contributed by atoms with E-state index >= 15 is 0 Å². The zero-order valence-corrected chi connectivity index (χ0v) is 43.2. The van der Waals surface area contributed by atoms with Crippen molar-refractivity contribution in [2.24, 2.45) is 0 Å². The van der Waals surface area contributed by atoms with E-state index in [9.17, 15) is 47.9 Å². The number of H-pyrrole nitrogens is 1. The van der Waals surface area contributed by atoms with Crippen molar-refractivity contribution in [1.29, 1.82) is 0 Å². The molecule has 6 amide bonds. The lowest BCUT2D eigenvalue weighted by Crippen LogP contribution is -2.52. The number of ether oxygens (including phenoxy) is 4. The lowest BCUT2D eigenvalue weighted by molar-refractivity contribution is -0.172. The number of pyridine rings is 2. The number of aryl methyl sites for hydroxylation is 2. The average Bonchev–Trinajstić information content (AvgIpc) is 3.83. The Morgan fingerprint density at radius 2 is 1.62 bits per heavy atom. The first-order chi connectivity index (χ1) is 37.1. The Balaban J connectivity index is 0.803. The lowest BCUT2D eigenvalue weighted by atomic mass is 9.86. The molecular weight excluding hydrogens is 1020 g/mol. The number of cyclic esters (lactones) is 1. The van der Waals surface area contributed by atoms with Crippen molar-refractivity contribution in [2.45, 2.75) is 70.7 Å². The summed E-state index contributed by atoms with van der Waals surface area (Å²) in [4.78, 5) is 113. The number of esters is 1. The van der Waals surface area contributed by atoms with Crippen LogP contribution in [0.3, 0.4) is 0 Å². The molecule has 0 radical (unpaired) electrons. The normalized spacial score (nSPS) is 14.6. The number of hydrogen-bond donors (Lipinski definition) is 8. The molecule has 408 valence electrons. The molecule has 0 spiro atoms. The lowest BCUT2D eigenvalue weighted by Gasteiger charge is -2.31. The fraction of sp³-hybridized carbons (Fsp3) is 0.404. The van der Waals surface area contributed by atoms with Crippen LogP contribution in [0.2, 0.25) is 0 Å². The molecule has 77 heavy (non-hydrogen) atoms. The molecule has 2 aliphatic heterocycles. The van der Waals surface area contributed by atoms with Gasteiger partial charge in [0.25, 0.3) is 11.5 Å². The van der Waals surface area contributed by atoms with Gasteiger partial charge in [0, 0.05) is 54.5 Å². The van der Waals surface area contributed by atoms with E-state index in [0.717, 1.165) is 16.5 Å². The summed E-state index contributed by atoms with van der Waals surface area (Å²) < 4.78 is 38.2. The SMILES string of the molecule is CC[C@@]1(O)C(=O)OCc2c1cc1n(c2=O)Cc2c-1nc1cc(F)c(C)cc1c2CCCCOCNC(=O)CNC(=O)[C@H](Cc1ccccc1)NC(=O)CNC(=O)CNC(=O)COCCOCCNC(=O)c1cnc(=S)[nH]c1. The largest absolute Gasteiger partial charge is 0.458 e. The van der Waals surface area contributed by atoms with Gasteiger partial charge in [0.05, 0.1) is 74.0 Å². The fourth-order valence-corrected chi connectivity index (χ4v) is 8.72. The zero-order valence-electron chi connectivity index (χ0n) is 42.3. The zero-order chi connectivity index (χ0) is 55.1. The number of fused-ring (bicyclic) bond motifs is 5. The maximum atomic E-state index is 14.9. The van der Waals surface area contributed by atoms with Gasteiger partial charge in [0.2, 0.25) is 29.5 Å². The summed E-state index contributed by atoms with van der Waals surface area (Å²) in [7, 11) is 0. The molecule has 25 heteroatoms. The molecule has 0 unspecified atom stereocenters. The van der Waals surface area contributed by atoms with Crippen molar-refractivity contribution < 1.29 is 62.0 Å². The second kappa shape index (κ2) is 26.8. The molecule has 0 aliphatic carbocycles. The Morgan fingerprint density at radius 1 is 0.883 bits per heavy atom. The second-order valence-corrected chi connectivity index (χ2v) is 18.4. The van der Waals surface area contributed by atoms with Gasteiger partial charge in [0.15, 0.2) is 10.4 Å². The topological polar surface area (TPSA) is 312 Å². The maximum Gasteiger partial charge on any atom is 0.343 e. The van der Waals surface area contributed by atoms with Crippen LogP contribution in [0.1, 0.15) is 69.9 Å². The van der Waals surface area contributed by atoms with Gasteiger partial charge >= 0.3 is 5.97 Å². The number of nitrogens with one attached hydrogen (secondary N) is 7. The molecule has 0 fully saturated rings. The quantitative estimate of drug-likeness (QED) is 0.0154. The molecule has 2 aliphatic rings. The van der Waals surface area contributed by atoms with E-state index < -0.39 is 78.2 Å². The number of carbonyl (C=O) groups is 7. The highest BCUT2D eigenvalue weighted by Gasteiger charge is 2.45. The molecule has 0 bridgehead atoms. The molecule has 3 aromatic heterocycles. The fourth-order valence-electron chi connectivity index (χ4n) is 8.61. The van der Waals surface area contributed by atoms with Crippen molar-refractivity contribution in [1.82, 2.24) is 51.4 Å². The predicted molar refractivity (Wildman–Crippen MR) is 276 cm³/mol. The minimum atomic E-state index is -2.00. The van der Waals surface area contributed by atoms with E-state index in [1.807, 2.05) is 0 Å². The first-order valence-corrected chi connectivity index (χ1v) is 25.2. The van der Waals surface area contributed by atoms with Crippen molar-refractivity contribution in [3.05, 3.63) is 121 Å². The molecule has 7 rings (SSSR count). The molecule has 5 aromatic rings. The smallest absolute Gasteiger partial charge is 0.343 e. The van der Waals surface area contributed by atoms with Crippen LogP contribution in [0.5, 0.6) is 0 Å².